The van der Waals surface area contributed by atoms with Crippen molar-refractivity contribution in [3.63, 3.8) is 0 Å². The number of hydrogen-bond donors (Lipinski definition) is 0. The zero-order valence-corrected chi connectivity index (χ0v) is 15.9. The maximum atomic E-state index is 11.9. The van der Waals surface area contributed by atoms with E-state index >= 15 is 0 Å². The Morgan fingerprint density at radius 1 is 0.923 bits per heavy atom. The zero-order valence-electron chi connectivity index (χ0n) is 14.4. The summed E-state index contributed by atoms with van der Waals surface area (Å²) in [5.74, 6) is 0. The van der Waals surface area contributed by atoms with Gasteiger partial charge in [0.15, 0.2) is 0 Å². The maximum absolute atomic E-state index is 11.9. The number of nitrogens with zero attached hydrogens (tertiary/aromatic N) is 3. The van der Waals surface area contributed by atoms with Crippen LogP contribution in [0.1, 0.15) is 5.56 Å². The van der Waals surface area contributed by atoms with Gasteiger partial charge < -0.3 is 14.5 Å². The average Bonchev–Trinajstić information content (AvgIpc) is 2.97. The quantitative estimate of drug-likeness (QED) is 0.752. The van der Waals surface area contributed by atoms with Gasteiger partial charge in [0.05, 0.1) is 16.6 Å². The summed E-state index contributed by atoms with van der Waals surface area (Å²) in [6, 6.07) is 11.8. The monoisotopic (exact) mass is 391 g/mol. The summed E-state index contributed by atoms with van der Waals surface area (Å²) >= 11 is 12.3. The lowest BCUT2D eigenvalue weighted by Crippen LogP contribution is -2.26. The predicted molar refractivity (Wildman–Crippen MR) is 105 cm³/mol. The third kappa shape index (κ3) is 3.22. The molecule has 0 N–H and O–H groups in total. The van der Waals surface area contributed by atoms with Gasteiger partial charge in [-0.2, -0.15) is 0 Å². The lowest BCUT2D eigenvalue weighted by molar-refractivity contribution is 0.181. The van der Waals surface area contributed by atoms with E-state index in [4.69, 9.17) is 27.9 Å². The van der Waals surface area contributed by atoms with Gasteiger partial charge in [0.2, 0.25) is 0 Å². The topological polar surface area (TPSA) is 36.0 Å². The van der Waals surface area contributed by atoms with E-state index in [0.717, 1.165) is 42.3 Å². The second kappa shape index (κ2) is 6.99. The SMILES string of the molecule is CN1CCN(c2ccc(Cl)c(Cl)c2)c2ccc(N3CCOC3=O)cc2C1. The molecule has 0 aliphatic carbocycles. The molecule has 0 radical (unpaired) electrons. The highest BCUT2D eigenvalue weighted by atomic mass is 35.5. The molecule has 1 saturated heterocycles. The Bertz CT molecular complexity index is 859. The van der Waals surface area contributed by atoms with Gasteiger partial charge in [0, 0.05) is 36.7 Å². The maximum Gasteiger partial charge on any atom is 0.414 e. The summed E-state index contributed by atoms with van der Waals surface area (Å²) < 4.78 is 5.06. The summed E-state index contributed by atoms with van der Waals surface area (Å²) in [4.78, 5) is 18.1. The number of amides is 1. The van der Waals surface area contributed by atoms with E-state index in [1.165, 1.54) is 0 Å². The smallest absolute Gasteiger partial charge is 0.414 e. The summed E-state index contributed by atoms with van der Waals surface area (Å²) in [6.07, 6.45) is -0.284. The highest BCUT2D eigenvalue weighted by Gasteiger charge is 2.26. The van der Waals surface area contributed by atoms with Crippen molar-refractivity contribution >= 4 is 46.4 Å². The largest absolute Gasteiger partial charge is 0.447 e. The number of halogens is 2. The van der Waals surface area contributed by atoms with Crippen molar-refractivity contribution < 1.29 is 9.53 Å². The summed E-state index contributed by atoms with van der Waals surface area (Å²) in [5.41, 5.74) is 4.15. The standard InChI is InChI=1S/C19H19Cl2N3O2/c1-22-6-7-23(15-2-4-16(20)17(21)11-15)18-5-3-14(10-13(18)12-22)24-8-9-26-19(24)25/h2-5,10-11H,6-9,12H2,1H3. The molecular formula is C19H19Cl2N3O2. The molecule has 7 heteroatoms. The number of carbonyl (C=O) groups is 1. The first-order chi connectivity index (χ1) is 12.5. The van der Waals surface area contributed by atoms with Gasteiger partial charge >= 0.3 is 6.09 Å². The van der Waals surface area contributed by atoms with Gasteiger partial charge in [0.25, 0.3) is 0 Å². The van der Waals surface area contributed by atoms with Crippen molar-refractivity contribution in [1.29, 1.82) is 0 Å². The fourth-order valence-corrected chi connectivity index (χ4v) is 3.73. The molecule has 2 aliphatic heterocycles. The van der Waals surface area contributed by atoms with Crippen LogP contribution >= 0.6 is 23.2 Å². The van der Waals surface area contributed by atoms with Crippen LogP contribution in [0.5, 0.6) is 0 Å². The number of ether oxygens (including phenoxy) is 1. The van der Waals surface area contributed by atoms with E-state index in [1.807, 2.05) is 24.3 Å². The van der Waals surface area contributed by atoms with Crippen LogP contribution in [0.2, 0.25) is 10.0 Å². The third-order valence-corrected chi connectivity index (χ3v) is 5.53. The van der Waals surface area contributed by atoms with Crippen LogP contribution in [-0.2, 0) is 11.3 Å². The van der Waals surface area contributed by atoms with Crippen molar-refractivity contribution in [3.05, 3.63) is 52.0 Å². The Kier molecular flexibility index (Phi) is 4.69. The van der Waals surface area contributed by atoms with Gasteiger partial charge in [-0.1, -0.05) is 23.2 Å². The first-order valence-electron chi connectivity index (χ1n) is 8.51. The first kappa shape index (κ1) is 17.5. The van der Waals surface area contributed by atoms with E-state index in [9.17, 15) is 4.79 Å². The lowest BCUT2D eigenvalue weighted by Gasteiger charge is -2.26. The number of anilines is 3. The summed E-state index contributed by atoms with van der Waals surface area (Å²) in [7, 11) is 2.10. The molecule has 2 aliphatic rings. The van der Waals surface area contributed by atoms with Crippen molar-refractivity contribution in [3.8, 4) is 0 Å². The lowest BCUT2D eigenvalue weighted by atomic mass is 10.1. The molecule has 136 valence electrons. The van der Waals surface area contributed by atoms with E-state index in [-0.39, 0.29) is 6.09 Å². The van der Waals surface area contributed by atoms with E-state index in [1.54, 1.807) is 4.90 Å². The van der Waals surface area contributed by atoms with Crippen LogP contribution in [0.3, 0.4) is 0 Å². The molecule has 1 fully saturated rings. The fraction of sp³-hybridized carbons (Fsp3) is 0.316. The molecule has 0 aromatic heterocycles. The number of benzene rings is 2. The molecule has 2 aromatic carbocycles. The molecule has 26 heavy (non-hydrogen) atoms. The number of cyclic esters (lactones) is 1. The predicted octanol–water partition coefficient (Wildman–Crippen LogP) is 4.53. The Morgan fingerprint density at radius 2 is 1.69 bits per heavy atom. The molecule has 2 aromatic rings. The van der Waals surface area contributed by atoms with E-state index < -0.39 is 0 Å². The van der Waals surface area contributed by atoms with Gasteiger partial charge in [-0.15, -0.1) is 0 Å². The molecule has 5 nitrogen and oxygen atoms in total. The minimum atomic E-state index is -0.284. The molecule has 2 heterocycles. The van der Waals surface area contributed by atoms with Gasteiger partial charge in [-0.25, -0.2) is 4.79 Å². The Morgan fingerprint density at radius 3 is 2.42 bits per heavy atom. The number of hydrogen-bond acceptors (Lipinski definition) is 4. The summed E-state index contributed by atoms with van der Waals surface area (Å²) in [5, 5.41) is 1.09. The number of fused-ring (bicyclic) bond motifs is 1. The Hall–Kier alpha value is -1.95. The number of likely N-dealkylation sites (N-methyl/N-ethyl adjacent to an activating group) is 1. The molecular weight excluding hydrogens is 373 g/mol. The molecule has 0 bridgehead atoms. The van der Waals surface area contributed by atoms with Crippen LogP contribution in [-0.4, -0.2) is 44.3 Å². The van der Waals surface area contributed by atoms with Crippen LogP contribution in [0, 0.1) is 0 Å². The van der Waals surface area contributed by atoms with Crippen LogP contribution in [0.4, 0.5) is 21.9 Å². The fourth-order valence-electron chi connectivity index (χ4n) is 3.44. The minimum absolute atomic E-state index is 0.284. The second-order valence-electron chi connectivity index (χ2n) is 6.57. The van der Waals surface area contributed by atoms with Gasteiger partial charge in [-0.05, 0) is 49.0 Å². The van der Waals surface area contributed by atoms with E-state index in [2.05, 4.69) is 29.0 Å². The zero-order chi connectivity index (χ0) is 18.3. The molecule has 4 rings (SSSR count). The van der Waals surface area contributed by atoms with Crippen LogP contribution in [0.25, 0.3) is 0 Å². The van der Waals surface area contributed by atoms with Crippen molar-refractivity contribution in [2.75, 3.05) is 43.1 Å². The first-order valence-corrected chi connectivity index (χ1v) is 9.27. The normalized spacial score (nSPS) is 17.9. The van der Waals surface area contributed by atoms with Crippen molar-refractivity contribution in [1.82, 2.24) is 4.90 Å². The Balaban J connectivity index is 1.75. The second-order valence-corrected chi connectivity index (χ2v) is 7.38. The number of carbonyl (C=O) groups excluding carboxylic acids is 1. The van der Waals surface area contributed by atoms with Gasteiger partial charge in [0.1, 0.15) is 6.61 Å². The third-order valence-electron chi connectivity index (χ3n) is 4.79. The minimum Gasteiger partial charge on any atom is -0.447 e. The Labute approximate surface area is 162 Å². The molecule has 0 unspecified atom stereocenters. The van der Waals surface area contributed by atoms with Crippen molar-refractivity contribution in [2.24, 2.45) is 0 Å². The van der Waals surface area contributed by atoms with Crippen molar-refractivity contribution in [2.45, 2.75) is 6.54 Å². The molecule has 1 amide bonds. The van der Waals surface area contributed by atoms with Gasteiger partial charge in [-0.3, -0.25) is 4.90 Å². The molecule has 0 atom stereocenters. The number of rotatable bonds is 2. The van der Waals surface area contributed by atoms with E-state index in [0.29, 0.717) is 23.2 Å². The van der Waals surface area contributed by atoms with Crippen LogP contribution < -0.4 is 9.80 Å². The highest BCUT2D eigenvalue weighted by molar-refractivity contribution is 6.42. The highest BCUT2D eigenvalue weighted by Crippen LogP contribution is 2.36. The average molecular weight is 392 g/mol. The molecule has 0 saturated carbocycles. The van der Waals surface area contributed by atoms with Crippen LogP contribution in [0.15, 0.2) is 36.4 Å². The summed E-state index contributed by atoms with van der Waals surface area (Å²) in [6.45, 7) is 3.58. The molecule has 0 spiro atoms.